The van der Waals surface area contributed by atoms with Gasteiger partial charge < -0.3 is 18.6 Å². The molecule has 7 heteroatoms. The minimum Gasteiger partial charge on any atom is -0.523 e. The average Bonchev–Trinajstić information content (AvgIpc) is 3.30. The van der Waals surface area contributed by atoms with Crippen LogP contribution in [0.2, 0.25) is 6.32 Å². The first-order valence-corrected chi connectivity index (χ1v) is 8.86. The van der Waals surface area contributed by atoms with Gasteiger partial charge in [0.25, 0.3) is 0 Å². The minimum atomic E-state index is -0.538. The molecule has 5 rings (SSSR count). The highest BCUT2D eigenvalue weighted by Gasteiger charge is 2.46. The van der Waals surface area contributed by atoms with Gasteiger partial charge in [-0.1, -0.05) is 36.4 Å². The number of benzene rings is 3. The highest BCUT2D eigenvalue weighted by molar-refractivity contribution is 6.55. The Balaban J connectivity index is 1.41. The van der Waals surface area contributed by atoms with E-state index in [2.05, 4.69) is 0 Å². The van der Waals surface area contributed by atoms with Crippen molar-refractivity contribution in [1.82, 2.24) is 0 Å². The molecule has 0 N–H and O–H groups in total. The fourth-order valence-corrected chi connectivity index (χ4v) is 3.45. The van der Waals surface area contributed by atoms with Gasteiger partial charge in [-0.25, -0.2) is 4.39 Å². The van der Waals surface area contributed by atoms with Gasteiger partial charge in [0.2, 0.25) is 0 Å². The van der Waals surface area contributed by atoms with E-state index in [0.717, 1.165) is 17.1 Å². The average molecular weight is 360 g/mol. The van der Waals surface area contributed by atoms with Crippen molar-refractivity contribution in [3.05, 3.63) is 84.2 Å². The zero-order chi connectivity index (χ0) is 18.2. The van der Waals surface area contributed by atoms with Crippen LogP contribution in [-0.2, 0) is 0 Å². The highest BCUT2D eigenvalue weighted by atomic mass is 19.1. The first kappa shape index (κ1) is 16.1. The van der Waals surface area contributed by atoms with Crippen LogP contribution in [-0.4, -0.2) is 14.2 Å². The molecule has 27 heavy (non-hydrogen) atoms. The molecule has 0 fully saturated rings. The molecule has 0 spiro atoms. The lowest BCUT2D eigenvalue weighted by Gasteiger charge is -2.19. The van der Waals surface area contributed by atoms with E-state index in [9.17, 15) is 4.39 Å². The molecular weight excluding hydrogens is 345 g/mol. The molecule has 2 aliphatic heterocycles. The zero-order valence-corrected chi connectivity index (χ0v) is 14.4. The summed E-state index contributed by atoms with van der Waals surface area (Å²) in [7, 11) is -1.00. The molecule has 0 aliphatic carbocycles. The minimum absolute atomic E-state index is 0.197. The van der Waals surface area contributed by atoms with Gasteiger partial charge in [0.15, 0.2) is 0 Å². The predicted octanol–water partition coefficient (Wildman–Crippen LogP) is 4.37. The summed E-state index contributed by atoms with van der Waals surface area (Å²) in [6.07, 6.45) is 0.499. The molecule has 0 amide bonds. The Hall–Kier alpha value is -3.08. The lowest BCUT2D eigenvalue weighted by atomic mass is 9.58. The third-order valence-corrected chi connectivity index (χ3v) is 4.77. The smallest absolute Gasteiger partial charge is 0.523 e. The van der Waals surface area contributed by atoms with Crippen LogP contribution in [0.4, 0.5) is 4.39 Å². The van der Waals surface area contributed by atoms with E-state index in [1.807, 2.05) is 48.5 Å². The van der Waals surface area contributed by atoms with Crippen molar-refractivity contribution >= 4 is 14.2 Å². The Morgan fingerprint density at radius 3 is 1.67 bits per heavy atom. The largest absolute Gasteiger partial charge is 0.602 e. The van der Waals surface area contributed by atoms with Crippen LogP contribution in [0.1, 0.15) is 11.4 Å². The van der Waals surface area contributed by atoms with E-state index in [1.165, 1.54) is 12.1 Å². The van der Waals surface area contributed by atoms with Crippen molar-refractivity contribution in [2.75, 3.05) is 0 Å². The van der Waals surface area contributed by atoms with Crippen molar-refractivity contribution in [2.24, 2.45) is 0 Å². The quantitative estimate of drug-likeness (QED) is 0.648. The molecule has 1 atom stereocenters. The van der Waals surface area contributed by atoms with Gasteiger partial charge in [0, 0.05) is 12.1 Å². The van der Waals surface area contributed by atoms with E-state index < -0.39 is 14.2 Å². The third kappa shape index (κ3) is 3.10. The van der Waals surface area contributed by atoms with Crippen LogP contribution in [0.25, 0.3) is 0 Å². The van der Waals surface area contributed by atoms with Crippen LogP contribution in [0.5, 0.6) is 23.0 Å². The Kier molecular flexibility index (Phi) is 3.93. The van der Waals surface area contributed by atoms with Crippen LogP contribution in [0, 0.1) is 5.82 Å². The molecule has 0 saturated carbocycles. The molecule has 1 unspecified atom stereocenters. The summed E-state index contributed by atoms with van der Waals surface area (Å²) in [5.41, 5.74) is 0.900. The zero-order valence-electron chi connectivity index (χ0n) is 14.4. The number of hydrogen-bond acceptors (Lipinski definition) is 4. The van der Waals surface area contributed by atoms with Crippen molar-refractivity contribution < 1.29 is 23.0 Å². The first-order chi connectivity index (χ1) is 13.3. The monoisotopic (exact) mass is 360 g/mol. The van der Waals surface area contributed by atoms with Crippen molar-refractivity contribution in [3.8, 4) is 23.0 Å². The Bertz CT molecular complexity index is 916. The Labute approximate surface area is 157 Å². The summed E-state index contributed by atoms with van der Waals surface area (Å²) >= 11 is 0. The van der Waals surface area contributed by atoms with Gasteiger partial charge in [0.05, 0.1) is 0 Å². The normalized spacial score (nSPS) is 15.1. The number of para-hydroxylation sites is 4. The Morgan fingerprint density at radius 1 is 0.667 bits per heavy atom. The van der Waals surface area contributed by atoms with E-state index in [4.69, 9.17) is 18.6 Å². The third-order valence-electron chi connectivity index (χ3n) is 4.77. The predicted molar refractivity (Wildman–Crippen MR) is 101 cm³/mol. The summed E-state index contributed by atoms with van der Waals surface area (Å²) < 4.78 is 37.3. The second kappa shape index (κ2) is 6.58. The topological polar surface area (TPSA) is 36.9 Å². The highest BCUT2D eigenvalue weighted by Crippen LogP contribution is 2.40. The van der Waals surface area contributed by atoms with Crippen LogP contribution in [0.3, 0.4) is 0 Å². The molecule has 0 bridgehead atoms. The maximum absolute atomic E-state index is 13.4. The molecule has 0 saturated heterocycles. The summed E-state index contributed by atoms with van der Waals surface area (Å²) in [5, 5.41) is 0. The molecule has 3 aromatic carbocycles. The lowest BCUT2D eigenvalue weighted by Crippen LogP contribution is -2.38. The van der Waals surface area contributed by atoms with E-state index in [0.29, 0.717) is 17.8 Å². The van der Waals surface area contributed by atoms with Gasteiger partial charge in [-0.05, 0) is 42.0 Å². The van der Waals surface area contributed by atoms with Crippen molar-refractivity contribution in [2.45, 2.75) is 12.1 Å². The van der Waals surface area contributed by atoms with Crippen LogP contribution >= 0.6 is 0 Å². The molecule has 4 nitrogen and oxygen atoms in total. The van der Waals surface area contributed by atoms with Gasteiger partial charge in [-0.2, -0.15) is 0 Å². The second-order valence-electron chi connectivity index (χ2n) is 6.56. The first-order valence-electron chi connectivity index (χ1n) is 8.86. The van der Waals surface area contributed by atoms with E-state index in [-0.39, 0.29) is 11.6 Å². The van der Waals surface area contributed by atoms with Gasteiger partial charge in [0.1, 0.15) is 28.8 Å². The number of fused-ring (bicyclic) bond motifs is 2. The van der Waals surface area contributed by atoms with Crippen LogP contribution in [0.15, 0.2) is 72.8 Å². The van der Waals surface area contributed by atoms with Gasteiger partial charge in [-0.15, -0.1) is 0 Å². The number of halogens is 1. The summed E-state index contributed by atoms with van der Waals surface area (Å²) in [5.74, 6) is 2.36. The maximum Gasteiger partial charge on any atom is 0.602 e. The molecule has 132 valence electrons. The summed E-state index contributed by atoms with van der Waals surface area (Å²) in [6, 6.07) is 21.5. The molecule has 0 radical (unpaired) electrons. The standard InChI is InChI=1S/C20H15B2FO4/c23-15-11-9-14(10-12-15)16(22-26-19-7-3-4-8-20(19)27-22)13-21-24-17-5-1-2-6-18(17)25-21/h1-12,16H,13H2. The maximum atomic E-state index is 13.4. The van der Waals surface area contributed by atoms with Crippen LogP contribution < -0.4 is 18.6 Å². The SMILES string of the molecule is Fc1ccc(C(CB2Oc3ccccc3O2)B2Oc3ccccc3O2)cc1. The van der Waals surface area contributed by atoms with Gasteiger partial charge in [-0.3, -0.25) is 0 Å². The van der Waals surface area contributed by atoms with Gasteiger partial charge >= 0.3 is 14.2 Å². The molecule has 3 aromatic rings. The molecule has 2 aliphatic rings. The number of rotatable bonds is 4. The van der Waals surface area contributed by atoms with E-state index in [1.54, 1.807) is 12.1 Å². The second-order valence-corrected chi connectivity index (χ2v) is 6.56. The fourth-order valence-electron chi connectivity index (χ4n) is 3.45. The lowest BCUT2D eigenvalue weighted by molar-refractivity contribution is 0.459. The van der Waals surface area contributed by atoms with Crippen molar-refractivity contribution in [3.63, 3.8) is 0 Å². The summed E-state index contributed by atoms with van der Waals surface area (Å²) in [4.78, 5) is 0. The molecule has 2 heterocycles. The fraction of sp³-hybridized carbons (Fsp3) is 0.100. The molecular formula is C20H15B2FO4. The van der Waals surface area contributed by atoms with Crippen molar-refractivity contribution in [1.29, 1.82) is 0 Å². The summed E-state index contributed by atoms with van der Waals surface area (Å²) in [6.45, 7) is 0. The van der Waals surface area contributed by atoms with E-state index >= 15 is 0 Å². The number of hydrogen-bond donors (Lipinski definition) is 0. The Morgan fingerprint density at radius 2 is 1.15 bits per heavy atom. The molecule has 0 aromatic heterocycles.